The summed E-state index contributed by atoms with van der Waals surface area (Å²) in [4.78, 5) is 27.8. The van der Waals surface area contributed by atoms with Gasteiger partial charge in [-0.1, -0.05) is 48.1 Å². The van der Waals surface area contributed by atoms with Gasteiger partial charge in [0.25, 0.3) is 0 Å². The Morgan fingerprint density at radius 2 is 1.46 bits per heavy atom. The molecule has 4 nitrogen and oxygen atoms in total. The highest BCUT2D eigenvalue weighted by molar-refractivity contribution is 6.23. The van der Waals surface area contributed by atoms with Gasteiger partial charge in [-0.25, -0.2) is 4.90 Å². The summed E-state index contributed by atoms with van der Waals surface area (Å²) in [7, 11) is 0. The van der Waals surface area contributed by atoms with E-state index in [9.17, 15) is 9.59 Å². The lowest BCUT2D eigenvalue weighted by Crippen LogP contribution is -2.33. The molecule has 1 heterocycles. The molecule has 2 aliphatic carbocycles. The van der Waals surface area contributed by atoms with Crippen molar-refractivity contribution in [2.75, 3.05) is 4.90 Å². The summed E-state index contributed by atoms with van der Waals surface area (Å²) in [6, 6.07) is 18.8. The maximum Gasteiger partial charge on any atom is 0.238 e. The van der Waals surface area contributed by atoms with Gasteiger partial charge in [-0.2, -0.15) is 5.26 Å². The molecule has 4 atom stereocenters. The van der Waals surface area contributed by atoms with Gasteiger partial charge < -0.3 is 0 Å². The molecule has 2 bridgehead atoms. The predicted octanol–water partition coefficient (Wildman–Crippen LogP) is 3.95. The van der Waals surface area contributed by atoms with E-state index in [-0.39, 0.29) is 35.5 Å². The molecule has 1 saturated heterocycles. The summed E-state index contributed by atoms with van der Waals surface area (Å²) < 4.78 is 0. The highest BCUT2D eigenvalue weighted by Gasteiger charge is 2.62. The van der Waals surface area contributed by atoms with Gasteiger partial charge in [0.05, 0.1) is 29.2 Å². The lowest BCUT2D eigenvalue weighted by molar-refractivity contribution is -0.122. The molecule has 1 saturated carbocycles. The lowest BCUT2D eigenvalue weighted by atomic mass is 9.85. The predicted molar refractivity (Wildman–Crippen MR) is 106 cm³/mol. The Kier molecular flexibility index (Phi) is 3.60. The number of nitrogens with zero attached hydrogens (tertiary/aromatic N) is 2. The minimum Gasteiger partial charge on any atom is -0.274 e. The van der Waals surface area contributed by atoms with Crippen LogP contribution in [0.3, 0.4) is 0 Å². The van der Waals surface area contributed by atoms with Gasteiger partial charge in [0.1, 0.15) is 0 Å². The molecule has 3 aliphatic rings. The zero-order chi connectivity index (χ0) is 19.4. The van der Waals surface area contributed by atoms with Crippen LogP contribution in [0, 0.1) is 35.0 Å². The van der Waals surface area contributed by atoms with E-state index in [4.69, 9.17) is 5.26 Å². The second kappa shape index (κ2) is 6.03. The van der Waals surface area contributed by atoms with Crippen LogP contribution in [-0.2, 0) is 9.59 Å². The second-order valence-corrected chi connectivity index (χ2v) is 7.60. The number of fused-ring (bicyclic) bond motifs is 5. The van der Waals surface area contributed by atoms with E-state index in [0.29, 0.717) is 11.3 Å². The Hall–Kier alpha value is -3.45. The summed E-state index contributed by atoms with van der Waals surface area (Å²) >= 11 is 0. The van der Waals surface area contributed by atoms with Crippen molar-refractivity contribution < 1.29 is 9.59 Å². The Labute approximate surface area is 163 Å². The van der Waals surface area contributed by atoms with Crippen molar-refractivity contribution in [2.45, 2.75) is 6.92 Å². The highest BCUT2D eigenvalue weighted by atomic mass is 16.2. The fourth-order valence-corrected chi connectivity index (χ4v) is 5.06. The van der Waals surface area contributed by atoms with Crippen LogP contribution in [0.1, 0.15) is 18.1 Å². The van der Waals surface area contributed by atoms with E-state index in [1.54, 1.807) is 24.3 Å². The first-order chi connectivity index (χ1) is 13.6. The topological polar surface area (TPSA) is 61.2 Å². The maximum atomic E-state index is 13.2. The van der Waals surface area contributed by atoms with E-state index in [1.807, 2.05) is 18.2 Å². The number of hydrogen-bond donors (Lipinski definition) is 0. The minimum absolute atomic E-state index is 0.0185. The monoisotopic (exact) mass is 366 g/mol. The van der Waals surface area contributed by atoms with Crippen molar-refractivity contribution in [3.63, 3.8) is 0 Å². The molecule has 0 aromatic heterocycles. The van der Waals surface area contributed by atoms with Crippen molar-refractivity contribution in [3.05, 3.63) is 83.4 Å². The van der Waals surface area contributed by atoms with Crippen molar-refractivity contribution in [1.29, 1.82) is 5.26 Å². The Morgan fingerprint density at radius 3 is 2.00 bits per heavy atom. The van der Waals surface area contributed by atoms with Crippen LogP contribution in [0.25, 0.3) is 5.57 Å². The van der Waals surface area contributed by atoms with Crippen LogP contribution in [0.5, 0.6) is 0 Å². The van der Waals surface area contributed by atoms with E-state index < -0.39 is 0 Å². The Morgan fingerprint density at radius 1 is 0.893 bits per heavy atom. The molecule has 2 amide bonds. The van der Waals surface area contributed by atoms with Gasteiger partial charge in [0, 0.05) is 11.8 Å². The molecular formula is C24H18N2O2. The van der Waals surface area contributed by atoms with Crippen LogP contribution in [0.2, 0.25) is 0 Å². The van der Waals surface area contributed by atoms with Crippen molar-refractivity contribution >= 4 is 23.1 Å². The molecule has 5 rings (SSSR count). The number of rotatable bonds is 2. The Bertz CT molecular complexity index is 1060. The number of carbonyl (C=O) groups is 2. The zero-order valence-corrected chi connectivity index (χ0v) is 15.4. The number of hydrogen-bond acceptors (Lipinski definition) is 3. The quantitative estimate of drug-likeness (QED) is 0.597. The van der Waals surface area contributed by atoms with Gasteiger partial charge in [-0.15, -0.1) is 0 Å². The maximum absolute atomic E-state index is 13.2. The molecule has 0 unspecified atom stereocenters. The zero-order valence-electron chi connectivity index (χ0n) is 15.4. The van der Waals surface area contributed by atoms with E-state index in [1.165, 1.54) is 16.0 Å². The number of carbonyl (C=O) groups excluding carboxylic acids is 2. The Balaban J connectivity index is 1.53. The number of benzene rings is 2. The number of amides is 2. The number of imide groups is 1. The van der Waals surface area contributed by atoms with Gasteiger partial charge >= 0.3 is 0 Å². The van der Waals surface area contributed by atoms with E-state index in [2.05, 4.69) is 37.3 Å². The lowest BCUT2D eigenvalue weighted by Gasteiger charge is -2.20. The molecule has 136 valence electrons. The third-order valence-electron chi connectivity index (χ3n) is 6.31. The SMILES string of the molecule is CC(=C1[C@H]2C=C[C@H]1[C@H]1C(=O)N(c3ccc(C#N)cc3)C(=O)[C@H]12)c1ccccc1. The molecule has 0 spiro atoms. The fraction of sp³-hybridized carbons (Fsp3) is 0.208. The second-order valence-electron chi connectivity index (χ2n) is 7.60. The first-order valence-corrected chi connectivity index (χ1v) is 9.44. The fourth-order valence-electron chi connectivity index (χ4n) is 5.06. The van der Waals surface area contributed by atoms with Crippen LogP contribution < -0.4 is 4.90 Å². The summed E-state index contributed by atoms with van der Waals surface area (Å²) in [6.45, 7) is 2.09. The third-order valence-corrected chi connectivity index (χ3v) is 6.31. The van der Waals surface area contributed by atoms with Gasteiger partial charge in [0.2, 0.25) is 11.8 Å². The standard InChI is InChI=1S/C24H18N2O2/c1-14(16-5-3-2-4-6-16)20-18-11-12-19(20)22-21(18)23(27)26(24(22)28)17-9-7-15(13-25)8-10-17/h2-12,18-19,21-22H,1H3/t18-,19-,21-,22+/m1/s1. The third kappa shape index (κ3) is 2.16. The van der Waals surface area contributed by atoms with Crippen molar-refractivity contribution in [3.8, 4) is 6.07 Å². The number of anilines is 1. The molecule has 1 aliphatic heterocycles. The summed E-state index contributed by atoms with van der Waals surface area (Å²) in [5.74, 6) is -0.950. The van der Waals surface area contributed by atoms with Crippen LogP contribution in [0.4, 0.5) is 5.69 Å². The molecule has 2 fully saturated rings. The van der Waals surface area contributed by atoms with Crippen molar-refractivity contribution in [1.82, 2.24) is 0 Å². The van der Waals surface area contributed by atoms with E-state index >= 15 is 0 Å². The molecule has 4 heteroatoms. The summed E-state index contributed by atoms with van der Waals surface area (Å²) in [5, 5.41) is 8.97. The van der Waals surface area contributed by atoms with Gasteiger partial charge in [0.15, 0.2) is 0 Å². The minimum atomic E-state index is -0.327. The van der Waals surface area contributed by atoms with Gasteiger partial charge in [-0.3, -0.25) is 9.59 Å². The normalized spacial score (nSPS) is 29.2. The number of nitriles is 1. The molecule has 2 aromatic rings. The first kappa shape index (κ1) is 16.7. The molecule has 0 N–H and O–H groups in total. The smallest absolute Gasteiger partial charge is 0.238 e. The largest absolute Gasteiger partial charge is 0.274 e. The summed E-state index contributed by atoms with van der Waals surface area (Å²) in [5.41, 5.74) is 4.57. The van der Waals surface area contributed by atoms with Crippen LogP contribution in [0.15, 0.2) is 72.3 Å². The van der Waals surface area contributed by atoms with Gasteiger partial charge in [-0.05, 0) is 42.3 Å². The van der Waals surface area contributed by atoms with Crippen molar-refractivity contribution in [2.24, 2.45) is 23.7 Å². The van der Waals surface area contributed by atoms with E-state index in [0.717, 1.165) is 5.56 Å². The average molecular weight is 366 g/mol. The number of allylic oxidation sites excluding steroid dienone is 4. The first-order valence-electron chi connectivity index (χ1n) is 9.44. The molecule has 0 radical (unpaired) electrons. The van der Waals surface area contributed by atoms with Crippen LogP contribution >= 0.6 is 0 Å². The van der Waals surface area contributed by atoms with Crippen LogP contribution in [-0.4, -0.2) is 11.8 Å². The highest BCUT2D eigenvalue weighted by Crippen LogP contribution is 2.58. The molecule has 28 heavy (non-hydrogen) atoms. The average Bonchev–Trinajstić information content (AvgIpc) is 3.38. The molecular weight excluding hydrogens is 348 g/mol. The molecule has 2 aromatic carbocycles. The summed E-state index contributed by atoms with van der Waals surface area (Å²) in [6.07, 6.45) is 4.20.